The molecule has 120 valence electrons. The molecule has 1 aliphatic rings. The maximum Gasteiger partial charge on any atom is 0.281 e. The molecule has 0 amide bonds. The Morgan fingerprint density at radius 3 is 2.30 bits per heavy atom. The van der Waals surface area contributed by atoms with Gasteiger partial charge in [-0.2, -0.15) is 17.0 Å². The van der Waals surface area contributed by atoms with Crippen LogP contribution in [0.15, 0.2) is 0 Å². The van der Waals surface area contributed by atoms with E-state index in [1.807, 2.05) is 6.92 Å². The molecular weight excluding hydrogens is 276 g/mol. The Morgan fingerprint density at radius 1 is 1.25 bits per heavy atom. The summed E-state index contributed by atoms with van der Waals surface area (Å²) in [6.07, 6.45) is 0.836. The number of nitrogens with zero attached hydrogens (tertiary/aromatic N) is 3. The summed E-state index contributed by atoms with van der Waals surface area (Å²) in [5.41, 5.74) is 0. The van der Waals surface area contributed by atoms with Crippen molar-refractivity contribution >= 4 is 10.2 Å². The van der Waals surface area contributed by atoms with Crippen molar-refractivity contribution in [2.45, 2.75) is 39.3 Å². The van der Waals surface area contributed by atoms with Crippen LogP contribution in [-0.4, -0.2) is 80.8 Å². The van der Waals surface area contributed by atoms with Gasteiger partial charge in [-0.1, -0.05) is 6.92 Å². The van der Waals surface area contributed by atoms with Crippen LogP contribution in [0.3, 0.4) is 0 Å². The van der Waals surface area contributed by atoms with Gasteiger partial charge in [0.25, 0.3) is 10.2 Å². The molecule has 1 rings (SSSR count). The molecule has 0 aliphatic carbocycles. The zero-order chi connectivity index (χ0) is 15.3. The van der Waals surface area contributed by atoms with Crippen molar-refractivity contribution in [3.8, 4) is 0 Å². The SMILES string of the molecule is CCNCCCN(C)S(=O)(=O)N1CC(C)N(C)C(C)C1. The molecule has 1 heterocycles. The van der Waals surface area contributed by atoms with Gasteiger partial charge in [-0.05, 0) is 40.4 Å². The molecule has 2 unspecified atom stereocenters. The Bertz CT molecular complexity index is 376. The molecule has 1 N–H and O–H groups in total. The second kappa shape index (κ2) is 7.70. The lowest BCUT2D eigenvalue weighted by Gasteiger charge is -2.42. The number of hydrogen-bond acceptors (Lipinski definition) is 4. The zero-order valence-electron chi connectivity index (χ0n) is 13.5. The molecule has 7 heteroatoms. The molecule has 1 saturated heterocycles. The molecule has 0 bridgehead atoms. The number of hydrogen-bond donors (Lipinski definition) is 1. The van der Waals surface area contributed by atoms with E-state index in [2.05, 4.69) is 31.1 Å². The van der Waals surface area contributed by atoms with E-state index in [9.17, 15) is 8.42 Å². The summed E-state index contributed by atoms with van der Waals surface area (Å²) in [5.74, 6) is 0. The summed E-state index contributed by atoms with van der Waals surface area (Å²) in [4.78, 5) is 2.23. The normalized spacial score (nSPS) is 26.3. The largest absolute Gasteiger partial charge is 0.317 e. The Balaban J connectivity index is 2.59. The number of nitrogens with one attached hydrogen (secondary N) is 1. The summed E-state index contributed by atoms with van der Waals surface area (Å²) < 4.78 is 28.2. The molecule has 0 radical (unpaired) electrons. The maximum absolute atomic E-state index is 12.6. The van der Waals surface area contributed by atoms with E-state index in [-0.39, 0.29) is 12.1 Å². The monoisotopic (exact) mass is 306 g/mol. The molecular formula is C13H30N4O2S. The van der Waals surface area contributed by atoms with Gasteiger partial charge in [-0.3, -0.25) is 4.90 Å². The minimum atomic E-state index is -3.33. The fraction of sp³-hybridized carbons (Fsp3) is 1.00. The summed E-state index contributed by atoms with van der Waals surface area (Å²) in [5, 5.41) is 3.21. The van der Waals surface area contributed by atoms with Gasteiger partial charge in [0, 0.05) is 38.8 Å². The lowest BCUT2D eigenvalue weighted by Crippen LogP contribution is -2.58. The number of piperazine rings is 1. The summed E-state index contributed by atoms with van der Waals surface area (Å²) >= 11 is 0. The van der Waals surface area contributed by atoms with Gasteiger partial charge >= 0.3 is 0 Å². The molecule has 0 aromatic carbocycles. The van der Waals surface area contributed by atoms with Crippen LogP contribution >= 0.6 is 0 Å². The summed E-state index contributed by atoms with van der Waals surface area (Å²) in [7, 11) is 0.404. The van der Waals surface area contributed by atoms with Gasteiger partial charge in [-0.25, -0.2) is 0 Å². The van der Waals surface area contributed by atoms with E-state index < -0.39 is 10.2 Å². The van der Waals surface area contributed by atoms with Crippen molar-refractivity contribution in [2.75, 3.05) is 46.8 Å². The van der Waals surface area contributed by atoms with Gasteiger partial charge in [0.1, 0.15) is 0 Å². The number of likely N-dealkylation sites (N-methyl/N-ethyl adjacent to an activating group) is 1. The van der Waals surface area contributed by atoms with Crippen LogP contribution in [-0.2, 0) is 10.2 Å². The highest BCUT2D eigenvalue weighted by atomic mass is 32.2. The average molecular weight is 306 g/mol. The molecule has 1 fully saturated rings. The third-order valence-corrected chi connectivity index (χ3v) is 6.04. The van der Waals surface area contributed by atoms with Gasteiger partial charge in [0.05, 0.1) is 0 Å². The molecule has 2 atom stereocenters. The Labute approximate surface area is 124 Å². The van der Waals surface area contributed by atoms with Crippen molar-refractivity contribution < 1.29 is 8.42 Å². The zero-order valence-corrected chi connectivity index (χ0v) is 14.3. The molecule has 20 heavy (non-hydrogen) atoms. The first kappa shape index (κ1) is 17.8. The lowest BCUT2D eigenvalue weighted by atomic mass is 10.1. The van der Waals surface area contributed by atoms with Crippen LogP contribution < -0.4 is 5.32 Å². The van der Waals surface area contributed by atoms with Crippen LogP contribution in [0, 0.1) is 0 Å². The maximum atomic E-state index is 12.6. The van der Waals surface area contributed by atoms with Crippen LogP contribution in [0.25, 0.3) is 0 Å². The highest BCUT2D eigenvalue weighted by Gasteiger charge is 2.35. The average Bonchev–Trinajstić information content (AvgIpc) is 2.40. The van der Waals surface area contributed by atoms with Gasteiger partial charge in [0.15, 0.2) is 0 Å². The minimum absolute atomic E-state index is 0.253. The predicted molar refractivity (Wildman–Crippen MR) is 83.0 cm³/mol. The topological polar surface area (TPSA) is 55.9 Å². The second-order valence-corrected chi connectivity index (χ2v) is 7.75. The Hall–Kier alpha value is -0.210. The van der Waals surface area contributed by atoms with Crippen molar-refractivity contribution in [3.05, 3.63) is 0 Å². The Morgan fingerprint density at radius 2 is 1.80 bits per heavy atom. The quantitative estimate of drug-likeness (QED) is 0.682. The Kier molecular flexibility index (Phi) is 6.87. The van der Waals surface area contributed by atoms with Gasteiger partial charge in [-0.15, -0.1) is 0 Å². The third kappa shape index (κ3) is 4.39. The van der Waals surface area contributed by atoms with E-state index >= 15 is 0 Å². The highest BCUT2D eigenvalue weighted by Crippen LogP contribution is 2.18. The fourth-order valence-corrected chi connectivity index (χ4v) is 4.02. The van der Waals surface area contributed by atoms with Gasteiger partial charge in [0.2, 0.25) is 0 Å². The molecule has 6 nitrogen and oxygen atoms in total. The standard InChI is InChI=1S/C13H30N4O2S/c1-6-14-8-7-9-15(4)20(18,19)17-10-12(2)16(5)13(3)11-17/h12-14H,6-11H2,1-5H3. The first-order valence-electron chi connectivity index (χ1n) is 7.44. The summed E-state index contributed by atoms with van der Waals surface area (Å²) in [6, 6.07) is 0.507. The molecule has 0 aromatic rings. The van der Waals surface area contributed by atoms with Crippen LogP contribution in [0.5, 0.6) is 0 Å². The van der Waals surface area contributed by atoms with Crippen LogP contribution in [0.4, 0.5) is 0 Å². The summed E-state index contributed by atoms with van der Waals surface area (Å²) in [6.45, 7) is 9.67. The first-order valence-corrected chi connectivity index (χ1v) is 8.84. The minimum Gasteiger partial charge on any atom is -0.317 e. The predicted octanol–water partition coefficient (Wildman–Crippen LogP) is 0.187. The lowest BCUT2D eigenvalue weighted by molar-refractivity contribution is 0.102. The van der Waals surface area contributed by atoms with Crippen molar-refractivity contribution in [1.82, 2.24) is 18.8 Å². The van der Waals surface area contributed by atoms with E-state index in [0.29, 0.717) is 19.6 Å². The third-order valence-electron chi connectivity index (χ3n) is 4.12. The molecule has 1 aliphatic heterocycles. The number of rotatable bonds is 7. The van der Waals surface area contributed by atoms with E-state index in [1.165, 1.54) is 4.31 Å². The van der Waals surface area contributed by atoms with E-state index in [1.54, 1.807) is 11.4 Å². The molecule has 0 aromatic heterocycles. The second-order valence-electron chi connectivity index (χ2n) is 5.72. The molecule has 0 saturated carbocycles. The first-order chi connectivity index (χ1) is 9.30. The van der Waals surface area contributed by atoms with E-state index in [4.69, 9.17) is 0 Å². The van der Waals surface area contributed by atoms with E-state index in [0.717, 1.165) is 19.5 Å². The molecule has 0 spiro atoms. The van der Waals surface area contributed by atoms with Crippen LogP contribution in [0.2, 0.25) is 0 Å². The smallest absolute Gasteiger partial charge is 0.281 e. The van der Waals surface area contributed by atoms with Crippen molar-refractivity contribution in [3.63, 3.8) is 0 Å². The van der Waals surface area contributed by atoms with Crippen molar-refractivity contribution in [2.24, 2.45) is 0 Å². The van der Waals surface area contributed by atoms with Gasteiger partial charge < -0.3 is 5.32 Å². The highest BCUT2D eigenvalue weighted by molar-refractivity contribution is 7.86. The van der Waals surface area contributed by atoms with Crippen LogP contribution in [0.1, 0.15) is 27.2 Å². The fourth-order valence-electron chi connectivity index (χ4n) is 2.46. The van der Waals surface area contributed by atoms with Crippen molar-refractivity contribution in [1.29, 1.82) is 0 Å².